The van der Waals surface area contributed by atoms with Gasteiger partial charge >= 0.3 is 0 Å². The second-order valence-corrected chi connectivity index (χ2v) is 9.15. The minimum atomic E-state index is -0.210. The first kappa shape index (κ1) is 21.7. The van der Waals surface area contributed by atoms with E-state index in [1.165, 1.54) is 6.07 Å². The number of Topliss-reactive ketones (excluding diaryl/α,β-unsaturated/α-hetero) is 1. The third kappa shape index (κ3) is 4.72. The van der Waals surface area contributed by atoms with E-state index in [0.717, 1.165) is 42.6 Å². The van der Waals surface area contributed by atoms with Crippen molar-refractivity contribution >= 4 is 11.7 Å². The maximum Gasteiger partial charge on any atom is 0.226 e. The third-order valence-corrected chi connectivity index (χ3v) is 6.70. The lowest BCUT2D eigenvalue weighted by Gasteiger charge is -2.42. The predicted molar refractivity (Wildman–Crippen MR) is 119 cm³/mol. The molecule has 0 aliphatic carbocycles. The van der Waals surface area contributed by atoms with Gasteiger partial charge in [-0.3, -0.25) is 14.5 Å². The number of carbonyl (C=O) groups is 2. The Labute approximate surface area is 184 Å². The summed E-state index contributed by atoms with van der Waals surface area (Å²) < 4.78 is 13.7. The Morgan fingerprint density at radius 3 is 2.42 bits per heavy atom. The molecule has 0 bridgehead atoms. The van der Waals surface area contributed by atoms with Crippen molar-refractivity contribution in [3.05, 3.63) is 71.0 Å². The molecule has 0 saturated carbocycles. The fraction of sp³-hybridized carbons (Fsp3) is 0.462. The molecule has 0 aromatic heterocycles. The first-order valence-corrected chi connectivity index (χ1v) is 11.3. The summed E-state index contributed by atoms with van der Waals surface area (Å²) in [6.45, 7) is 6.82. The van der Waals surface area contributed by atoms with E-state index in [2.05, 4.69) is 18.7 Å². The van der Waals surface area contributed by atoms with Crippen LogP contribution in [0.4, 0.5) is 4.39 Å². The first-order valence-electron chi connectivity index (χ1n) is 11.3. The van der Waals surface area contributed by atoms with E-state index in [1.807, 2.05) is 41.3 Å². The summed E-state index contributed by atoms with van der Waals surface area (Å²) in [4.78, 5) is 30.1. The van der Waals surface area contributed by atoms with Crippen molar-refractivity contribution in [2.75, 3.05) is 26.2 Å². The van der Waals surface area contributed by atoms with E-state index in [0.29, 0.717) is 19.5 Å². The Morgan fingerprint density at radius 1 is 1.03 bits per heavy atom. The zero-order valence-corrected chi connectivity index (χ0v) is 18.4. The first-order chi connectivity index (χ1) is 14.9. The number of hydrogen-bond acceptors (Lipinski definition) is 3. The molecule has 4 rings (SSSR count). The molecule has 1 atom stereocenters. The monoisotopic (exact) mass is 422 g/mol. The van der Waals surface area contributed by atoms with Crippen molar-refractivity contribution < 1.29 is 14.0 Å². The Balaban J connectivity index is 1.39. The van der Waals surface area contributed by atoms with E-state index >= 15 is 0 Å². The number of nitrogens with zero attached hydrogens (tertiary/aromatic N) is 2. The normalized spacial score (nSPS) is 20.0. The van der Waals surface area contributed by atoms with Gasteiger partial charge in [0, 0.05) is 18.0 Å². The van der Waals surface area contributed by atoms with Gasteiger partial charge in [0.2, 0.25) is 5.91 Å². The van der Waals surface area contributed by atoms with Crippen LogP contribution in [0.15, 0.2) is 48.5 Å². The van der Waals surface area contributed by atoms with Crippen LogP contribution in [0.3, 0.4) is 0 Å². The van der Waals surface area contributed by atoms with Gasteiger partial charge in [-0.2, -0.15) is 0 Å². The highest BCUT2D eigenvalue weighted by Gasteiger charge is 2.37. The molecule has 4 nitrogen and oxygen atoms in total. The highest BCUT2D eigenvalue weighted by atomic mass is 19.1. The molecule has 5 heteroatoms. The summed E-state index contributed by atoms with van der Waals surface area (Å²) in [5, 5.41) is 0. The standard InChI is InChI=1S/C26H31FN2O2/c1-18(2)25-23-9-8-22(27)16-21(23)12-15-29(25)26(31)20-10-13-28(14-11-20)17-24(30)19-6-4-3-5-7-19/h3-9,16,18,20,25H,10-15,17H2,1-2H3. The van der Waals surface area contributed by atoms with Gasteiger partial charge in [-0.25, -0.2) is 4.39 Å². The number of likely N-dealkylation sites (tertiary alicyclic amines) is 1. The molecule has 2 aromatic rings. The molecule has 2 aromatic carbocycles. The van der Waals surface area contributed by atoms with Crippen molar-refractivity contribution in [1.82, 2.24) is 9.80 Å². The topological polar surface area (TPSA) is 40.6 Å². The van der Waals surface area contributed by atoms with Crippen molar-refractivity contribution in [2.45, 2.75) is 39.2 Å². The molecule has 164 valence electrons. The zero-order chi connectivity index (χ0) is 22.0. The van der Waals surface area contributed by atoms with Crippen LogP contribution in [0.1, 0.15) is 54.2 Å². The fourth-order valence-corrected chi connectivity index (χ4v) is 5.08. The minimum Gasteiger partial charge on any atom is -0.335 e. The third-order valence-electron chi connectivity index (χ3n) is 6.70. The maximum absolute atomic E-state index is 13.7. The predicted octanol–water partition coefficient (Wildman–Crippen LogP) is 4.50. The summed E-state index contributed by atoms with van der Waals surface area (Å²) in [6.07, 6.45) is 2.25. The highest BCUT2D eigenvalue weighted by molar-refractivity contribution is 5.97. The zero-order valence-electron chi connectivity index (χ0n) is 18.4. The fourth-order valence-electron chi connectivity index (χ4n) is 5.08. The number of rotatable bonds is 5. The van der Waals surface area contributed by atoms with Crippen LogP contribution in [0.2, 0.25) is 0 Å². The molecule has 1 unspecified atom stereocenters. The second-order valence-electron chi connectivity index (χ2n) is 9.15. The number of piperidine rings is 1. The van der Waals surface area contributed by atoms with E-state index in [1.54, 1.807) is 6.07 Å². The molecule has 1 saturated heterocycles. The largest absolute Gasteiger partial charge is 0.335 e. The molecule has 31 heavy (non-hydrogen) atoms. The average molecular weight is 423 g/mol. The van der Waals surface area contributed by atoms with E-state index in [-0.39, 0.29) is 35.4 Å². The Morgan fingerprint density at radius 2 is 1.74 bits per heavy atom. The number of ketones is 1. The molecule has 2 aliphatic rings. The van der Waals surface area contributed by atoms with Gasteiger partial charge in [0.1, 0.15) is 5.82 Å². The SMILES string of the molecule is CC(C)C1c2ccc(F)cc2CCN1C(=O)C1CCN(CC(=O)c2ccccc2)CC1. The van der Waals surface area contributed by atoms with Gasteiger partial charge in [-0.05, 0) is 61.5 Å². The van der Waals surface area contributed by atoms with Gasteiger partial charge < -0.3 is 4.90 Å². The van der Waals surface area contributed by atoms with Crippen LogP contribution < -0.4 is 0 Å². The lowest BCUT2D eigenvalue weighted by Crippen LogP contribution is -2.48. The van der Waals surface area contributed by atoms with Crippen LogP contribution in [0, 0.1) is 17.7 Å². The van der Waals surface area contributed by atoms with Crippen LogP contribution in [0.5, 0.6) is 0 Å². The summed E-state index contributed by atoms with van der Waals surface area (Å²) in [7, 11) is 0. The molecular formula is C26H31FN2O2. The van der Waals surface area contributed by atoms with Crippen LogP contribution in [-0.2, 0) is 11.2 Å². The number of halogens is 1. The van der Waals surface area contributed by atoms with Crippen molar-refractivity contribution in [2.24, 2.45) is 11.8 Å². The van der Waals surface area contributed by atoms with Crippen LogP contribution >= 0.6 is 0 Å². The molecule has 2 heterocycles. The van der Waals surface area contributed by atoms with Gasteiger partial charge in [0.05, 0.1) is 12.6 Å². The number of hydrogen-bond donors (Lipinski definition) is 0. The number of carbonyl (C=O) groups excluding carboxylic acids is 2. The molecular weight excluding hydrogens is 391 g/mol. The van der Waals surface area contributed by atoms with Crippen molar-refractivity contribution in [1.29, 1.82) is 0 Å². The maximum atomic E-state index is 13.7. The number of amides is 1. The van der Waals surface area contributed by atoms with Crippen LogP contribution in [-0.4, -0.2) is 47.7 Å². The quantitative estimate of drug-likeness (QED) is 0.666. The Bertz CT molecular complexity index is 936. The van der Waals surface area contributed by atoms with Gasteiger partial charge in [0.25, 0.3) is 0 Å². The Hall–Kier alpha value is -2.53. The van der Waals surface area contributed by atoms with Crippen molar-refractivity contribution in [3.8, 4) is 0 Å². The smallest absolute Gasteiger partial charge is 0.226 e. The lowest BCUT2D eigenvalue weighted by atomic mass is 9.84. The van der Waals surface area contributed by atoms with Crippen LogP contribution in [0.25, 0.3) is 0 Å². The number of benzene rings is 2. The van der Waals surface area contributed by atoms with E-state index in [4.69, 9.17) is 0 Å². The summed E-state index contributed by atoms with van der Waals surface area (Å²) in [5.74, 6) is 0.384. The summed E-state index contributed by atoms with van der Waals surface area (Å²) in [5.41, 5.74) is 2.85. The second kappa shape index (κ2) is 9.31. The summed E-state index contributed by atoms with van der Waals surface area (Å²) >= 11 is 0. The average Bonchev–Trinajstić information content (AvgIpc) is 2.78. The van der Waals surface area contributed by atoms with Gasteiger partial charge in [0.15, 0.2) is 5.78 Å². The molecule has 1 fully saturated rings. The number of fused-ring (bicyclic) bond motifs is 1. The summed E-state index contributed by atoms with van der Waals surface area (Å²) in [6, 6.07) is 14.4. The molecule has 0 radical (unpaired) electrons. The molecule has 2 aliphatic heterocycles. The highest BCUT2D eigenvalue weighted by Crippen LogP contribution is 2.37. The van der Waals surface area contributed by atoms with Crippen molar-refractivity contribution in [3.63, 3.8) is 0 Å². The van der Waals surface area contributed by atoms with E-state index < -0.39 is 0 Å². The lowest BCUT2D eigenvalue weighted by molar-refractivity contribution is -0.141. The Kier molecular flexibility index (Phi) is 6.51. The van der Waals surface area contributed by atoms with Gasteiger partial charge in [-0.15, -0.1) is 0 Å². The molecule has 0 spiro atoms. The van der Waals surface area contributed by atoms with Gasteiger partial charge in [-0.1, -0.05) is 50.2 Å². The molecule has 0 N–H and O–H groups in total. The van der Waals surface area contributed by atoms with E-state index in [9.17, 15) is 14.0 Å². The minimum absolute atomic E-state index is 0.00506. The molecule has 1 amide bonds.